The van der Waals surface area contributed by atoms with Gasteiger partial charge in [-0.3, -0.25) is 14.5 Å². The number of nitrogens with zero attached hydrogens (tertiary/aromatic N) is 1. The van der Waals surface area contributed by atoms with Crippen molar-refractivity contribution in [3.63, 3.8) is 0 Å². The van der Waals surface area contributed by atoms with Crippen LogP contribution in [0, 0.1) is 20.8 Å². The number of anilines is 1. The number of rotatable bonds is 4. The summed E-state index contributed by atoms with van der Waals surface area (Å²) in [5.74, 6) is -1.05. The normalized spacial score (nSPS) is 17.5. The zero-order valence-corrected chi connectivity index (χ0v) is 22.0. The molecule has 0 radical (unpaired) electrons. The Labute approximate surface area is 213 Å². The maximum Gasteiger partial charge on any atom is 0.300 e. The van der Waals surface area contributed by atoms with E-state index in [1.165, 1.54) is 4.90 Å². The van der Waals surface area contributed by atoms with Crippen molar-refractivity contribution in [3.8, 4) is 5.75 Å². The Morgan fingerprint density at radius 1 is 0.889 bits per heavy atom. The van der Waals surface area contributed by atoms with E-state index in [0.29, 0.717) is 22.6 Å². The summed E-state index contributed by atoms with van der Waals surface area (Å²) in [4.78, 5) is 28.6. The number of methoxy groups -OCH3 is 1. The number of carbonyl (C=O) groups excluding carboxylic acids is 2. The molecule has 0 aliphatic carbocycles. The molecule has 1 heterocycles. The molecule has 1 aliphatic rings. The van der Waals surface area contributed by atoms with Crippen LogP contribution >= 0.6 is 0 Å². The van der Waals surface area contributed by atoms with Gasteiger partial charge in [0, 0.05) is 16.8 Å². The summed E-state index contributed by atoms with van der Waals surface area (Å²) in [6.45, 7) is 12.1. The first kappa shape index (κ1) is 25.2. The van der Waals surface area contributed by atoms with Crippen LogP contribution in [0.2, 0.25) is 0 Å². The van der Waals surface area contributed by atoms with Gasteiger partial charge in [0.1, 0.15) is 11.5 Å². The van der Waals surface area contributed by atoms with Crippen LogP contribution in [0.15, 0.2) is 66.2 Å². The third-order valence-electron chi connectivity index (χ3n) is 7.01. The van der Waals surface area contributed by atoms with E-state index in [1.54, 1.807) is 13.2 Å². The molecule has 1 unspecified atom stereocenters. The number of hydrogen-bond acceptors (Lipinski definition) is 4. The summed E-state index contributed by atoms with van der Waals surface area (Å²) in [5, 5.41) is 11.7. The predicted octanol–water partition coefficient (Wildman–Crippen LogP) is 6.54. The molecule has 1 aliphatic heterocycles. The van der Waals surface area contributed by atoms with Crippen LogP contribution in [0.5, 0.6) is 5.75 Å². The van der Waals surface area contributed by atoms with Crippen molar-refractivity contribution in [2.45, 2.75) is 53.0 Å². The Balaban J connectivity index is 2.02. The lowest BCUT2D eigenvalue weighted by Crippen LogP contribution is -2.29. The predicted molar refractivity (Wildman–Crippen MR) is 144 cm³/mol. The minimum atomic E-state index is -0.846. The summed E-state index contributed by atoms with van der Waals surface area (Å²) in [6.07, 6.45) is 0. The van der Waals surface area contributed by atoms with Crippen molar-refractivity contribution in [2.75, 3.05) is 12.0 Å². The second-order valence-corrected chi connectivity index (χ2v) is 10.5. The van der Waals surface area contributed by atoms with Crippen LogP contribution in [0.25, 0.3) is 5.76 Å². The van der Waals surface area contributed by atoms with Crippen LogP contribution in [-0.2, 0) is 15.0 Å². The highest BCUT2D eigenvalue weighted by Crippen LogP contribution is 2.45. The number of benzene rings is 3. The topological polar surface area (TPSA) is 66.8 Å². The van der Waals surface area contributed by atoms with Crippen LogP contribution in [0.3, 0.4) is 0 Å². The third-order valence-corrected chi connectivity index (χ3v) is 7.01. The van der Waals surface area contributed by atoms with Gasteiger partial charge in [-0.05, 0) is 72.7 Å². The van der Waals surface area contributed by atoms with Crippen molar-refractivity contribution in [3.05, 3.63) is 99.6 Å². The van der Waals surface area contributed by atoms with Gasteiger partial charge in [0.25, 0.3) is 11.7 Å². The molecule has 5 heteroatoms. The number of amides is 1. The minimum absolute atomic E-state index is 0.0527. The van der Waals surface area contributed by atoms with E-state index in [-0.39, 0.29) is 16.7 Å². The van der Waals surface area contributed by atoms with Gasteiger partial charge >= 0.3 is 0 Å². The van der Waals surface area contributed by atoms with Gasteiger partial charge in [-0.2, -0.15) is 0 Å². The Kier molecular flexibility index (Phi) is 6.52. The summed E-state index contributed by atoms with van der Waals surface area (Å²) in [7, 11) is 1.55. The molecule has 0 spiro atoms. The summed E-state index contributed by atoms with van der Waals surface area (Å²) in [5.41, 5.74) is 5.58. The molecular formula is C31H33NO4. The van der Waals surface area contributed by atoms with Crippen LogP contribution in [-0.4, -0.2) is 23.9 Å². The average Bonchev–Trinajstić information content (AvgIpc) is 3.10. The fourth-order valence-corrected chi connectivity index (χ4v) is 4.65. The number of hydrogen-bond donors (Lipinski definition) is 1. The Hall–Kier alpha value is -3.86. The highest BCUT2D eigenvalue weighted by atomic mass is 16.5. The molecule has 1 N–H and O–H groups in total. The molecule has 3 aromatic rings. The lowest BCUT2D eigenvalue weighted by atomic mass is 9.84. The Morgan fingerprint density at radius 3 is 2.19 bits per heavy atom. The first-order valence-electron chi connectivity index (χ1n) is 12.1. The van der Waals surface area contributed by atoms with Gasteiger partial charge in [-0.25, -0.2) is 0 Å². The summed E-state index contributed by atoms with van der Waals surface area (Å²) < 4.78 is 5.62. The lowest BCUT2D eigenvalue weighted by molar-refractivity contribution is -0.132. The van der Waals surface area contributed by atoms with Crippen molar-refractivity contribution < 1.29 is 19.4 Å². The monoisotopic (exact) mass is 483 g/mol. The van der Waals surface area contributed by atoms with Crippen molar-refractivity contribution in [1.29, 1.82) is 0 Å². The molecule has 36 heavy (non-hydrogen) atoms. The van der Waals surface area contributed by atoms with Crippen molar-refractivity contribution in [2.24, 2.45) is 0 Å². The Bertz CT molecular complexity index is 1390. The smallest absolute Gasteiger partial charge is 0.300 e. The van der Waals surface area contributed by atoms with Gasteiger partial charge in [-0.15, -0.1) is 0 Å². The molecule has 1 saturated heterocycles. The van der Waals surface area contributed by atoms with Crippen LogP contribution in [0.1, 0.15) is 60.2 Å². The molecule has 0 saturated carbocycles. The first-order valence-corrected chi connectivity index (χ1v) is 12.1. The van der Waals surface area contributed by atoms with Gasteiger partial charge < -0.3 is 9.84 Å². The molecule has 0 bridgehead atoms. The zero-order valence-electron chi connectivity index (χ0n) is 22.0. The number of aliphatic hydroxyl groups is 1. The number of carbonyl (C=O) groups is 2. The molecular weight excluding hydrogens is 450 g/mol. The highest BCUT2D eigenvalue weighted by molar-refractivity contribution is 6.51. The molecule has 1 fully saturated rings. The number of para-hydroxylation sites is 1. The third kappa shape index (κ3) is 4.30. The lowest BCUT2D eigenvalue weighted by Gasteiger charge is -2.27. The molecule has 3 aromatic carbocycles. The van der Waals surface area contributed by atoms with E-state index in [4.69, 9.17) is 4.74 Å². The largest absolute Gasteiger partial charge is 0.507 e. The maximum absolute atomic E-state index is 13.6. The van der Waals surface area contributed by atoms with Gasteiger partial charge in [0.05, 0.1) is 18.7 Å². The molecule has 1 atom stereocenters. The quantitative estimate of drug-likeness (QED) is 0.260. The molecule has 1 amide bonds. The van der Waals surface area contributed by atoms with Gasteiger partial charge in [0.2, 0.25) is 0 Å². The molecule has 0 aromatic heterocycles. The Morgan fingerprint density at radius 2 is 1.56 bits per heavy atom. The molecule has 5 nitrogen and oxygen atoms in total. The number of Topliss-reactive ketones (excluding diaryl/α,β-unsaturated/α-hetero) is 1. The second kappa shape index (κ2) is 9.30. The summed E-state index contributed by atoms with van der Waals surface area (Å²) in [6, 6.07) is 18.0. The molecule has 4 rings (SSSR count). The molecule has 186 valence electrons. The van der Waals surface area contributed by atoms with Crippen molar-refractivity contribution in [1.82, 2.24) is 0 Å². The summed E-state index contributed by atoms with van der Waals surface area (Å²) >= 11 is 0. The minimum Gasteiger partial charge on any atom is -0.507 e. The van der Waals surface area contributed by atoms with Gasteiger partial charge in [-0.1, -0.05) is 57.2 Å². The fraction of sp³-hybridized carbons (Fsp3) is 0.290. The van der Waals surface area contributed by atoms with Crippen molar-refractivity contribution >= 4 is 23.1 Å². The van der Waals surface area contributed by atoms with E-state index in [2.05, 4.69) is 20.8 Å². The standard InChI is InChI=1S/C31H33NO4/c1-18-13-15-22(16-20(18)3)32-27(23-10-8-9-11-25(23)36-7)26(29(34)30(32)35)28(33)24-17-21(31(4,5)6)14-12-19(24)2/h8-17,27,33H,1-7H3/b28-26+. The zero-order chi connectivity index (χ0) is 26.4. The van der Waals surface area contributed by atoms with E-state index < -0.39 is 17.7 Å². The number of aryl methyl sites for hydroxylation is 3. The van der Waals surface area contributed by atoms with E-state index >= 15 is 0 Å². The average molecular weight is 484 g/mol. The van der Waals surface area contributed by atoms with Crippen LogP contribution in [0.4, 0.5) is 5.69 Å². The number of aliphatic hydroxyl groups excluding tert-OH is 1. The van der Waals surface area contributed by atoms with Gasteiger partial charge in [0.15, 0.2) is 0 Å². The highest BCUT2D eigenvalue weighted by Gasteiger charge is 2.48. The van der Waals surface area contributed by atoms with E-state index in [0.717, 1.165) is 22.3 Å². The second-order valence-electron chi connectivity index (χ2n) is 10.5. The number of ether oxygens (including phenoxy) is 1. The number of ketones is 1. The SMILES string of the molecule is COc1ccccc1C1/C(=C(\O)c2cc(C(C)(C)C)ccc2C)C(=O)C(=O)N1c1ccc(C)c(C)c1. The van der Waals surface area contributed by atoms with E-state index in [1.807, 2.05) is 75.4 Å². The van der Waals surface area contributed by atoms with E-state index in [9.17, 15) is 14.7 Å². The van der Waals surface area contributed by atoms with Crippen LogP contribution < -0.4 is 9.64 Å². The maximum atomic E-state index is 13.6. The first-order chi connectivity index (χ1) is 17.0. The fourth-order valence-electron chi connectivity index (χ4n) is 4.65.